The molecule has 0 atom stereocenters. The van der Waals surface area contributed by atoms with Crippen molar-refractivity contribution in [1.82, 2.24) is 4.90 Å². The molecular formula is C13H14N2O4. The third-order valence-corrected chi connectivity index (χ3v) is 2.30. The van der Waals surface area contributed by atoms with Gasteiger partial charge in [0.05, 0.1) is 23.7 Å². The van der Waals surface area contributed by atoms with Crippen molar-refractivity contribution < 1.29 is 19.4 Å². The van der Waals surface area contributed by atoms with E-state index in [1.807, 2.05) is 6.07 Å². The zero-order valence-electron chi connectivity index (χ0n) is 10.7. The Kier molecular flexibility index (Phi) is 5.03. The number of nitrogens with zero attached hydrogens (tertiary/aromatic N) is 2. The first kappa shape index (κ1) is 14.7. The van der Waals surface area contributed by atoms with Gasteiger partial charge in [-0.2, -0.15) is 5.26 Å². The molecule has 1 aromatic carbocycles. The fourth-order valence-corrected chi connectivity index (χ4v) is 1.43. The van der Waals surface area contributed by atoms with Gasteiger partial charge in [-0.3, -0.25) is 9.69 Å². The molecule has 0 aromatic heterocycles. The fraction of sp³-hybridized carbons (Fsp3) is 0.308. The van der Waals surface area contributed by atoms with E-state index in [-0.39, 0.29) is 24.3 Å². The molecule has 0 aliphatic heterocycles. The molecular weight excluding hydrogens is 248 g/mol. The van der Waals surface area contributed by atoms with E-state index in [4.69, 9.17) is 15.1 Å². The van der Waals surface area contributed by atoms with Gasteiger partial charge in [0, 0.05) is 5.56 Å². The molecule has 0 bridgehead atoms. The normalized spacial score (nSPS) is 10.0. The highest BCUT2D eigenvalue weighted by molar-refractivity contribution is 5.90. The van der Waals surface area contributed by atoms with Crippen molar-refractivity contribution in [3.8, 4) is 6.07 Å². The molecule has 0 saturated heterocycles. The Bertz CT molecular complexity index is 532. The molecule has 0 heterocycles. The van der Waals surface area contributed by atoms with Gasteiger partial charge in [-0.25, -0.2) is 4.79 Å². The SMILES string of the molecule is CN(C)CC(=O)OCc1ccc(C#N)cc1C(=O)O. The Labute approximate surface area is 110 Å². The molecule has 0 aliphatic carbocycles. The van der Waals surface area contributed by atoms with Crippen molar-refractivity contribution in [2.24, 2.45) is 0 Å². The predicted molar refractivity (Wildman–Crippen MR) is 66.5 cm³/mol. The van der Waals surface area contributed by atoms with Crippen molar-refractivity contribution in [2.45, 2.75) is 6.61 Å². The summed E-state index contributed by atoms with van der Waals surface area (Å²) in [7, 11) is 3.46. The van der Waals surface area contributed by atoms with Crippen molar-refractivity contribution in [3.05, 3.63) is 34.9 Å². The van der Waals surface area contributed by atoms with Gasteiger partial charge in [0.25, 0.3) is 0 Å². The van der Waals surface area contributed by atoms with E-state index < -0.39 is 11.9 Å². The highest BCUT2D eigenvalue weighted by Crippen LogP contribution is 2.13. The summed E-state index contributed by atoms with van der Waals surface area (Å²) < 4.78 is 4.98. The molecule has 0 aliphatic rings. The van der Waals surface area contributed by atoms with E-state index in [0.29, 0.717) is 5.56 Å². The number of carboxylic acids is 1. The lowest BCUT2D eigenvalue weighted by Gasteiger charge is -2.11. The van der Waals surface area contributed by atoms with E-state index in [1.165, 1.54) is 18.2 Å². The standard InChI is InChI=1S/C13H14N2O4/c1-15(2)7-12(16)19-8-10-4-3-9(6-14)5-11(10)13(17)18/h3-5H,7-8H2,1-2H3,(H,17,18). The van der Waals surface area contributed by atoms with Gasteiger partial charge in [-0.1, -0.05) is 6.07 Å². The molecule has 0 unspecified atom stereocenters. The lowest BCUT2D eigenvalue weighted by atomic mass is 10.1. The Morgan fingerprint density at radius 3 is 2.63 bits per heavy atom. The molecule has 1 rings (SSSR count). The Balaban J connectivity index is 2.81. The maximum absolute atomic E-state index is 11.4. The third kappa shape index (κ3) is 4.41. The number of nitriles is 1. The van der Waals surface area contributed by atoms with Crippen molar-refractivity contribution in [2.75, 3.05) is 20.6 Å². The molecule has 0 radical (unpaired) electrons. The van der Waals surface area contributed by atoms with Crippen LogP contribution in [0.1, 0.15) is 21.5 Å². The first-order valence-electron chi connectivity index (χ1n) is 5.50. The topological polar surface area (TPSA) is 90.6 Å². The highest BCUT2D eigenvalue weighted by Gasteiger charge is 2.13. The van der Waals surface area contributed by atoms with Crippen LogP contribution in [0.5, 0.6) is 0 Å². The fourth-order valence-electron chi connectivity index (χ4n) is 1.43. The minimum Gasteiger partial charge on any atom is -0.478 e. The van der Waals surface area contributed by atoms with Gasteiger partial charge < -0.3 is 9.84 Å². The van der Waals surface area contributed by atoms with Crippen LogP contribution in [0.25, 0.3) is 0 Å². The van der Waals surface area contributed by atoms with E-state index in [0.717, 1.165) is 0 Å². The summed E-state index contributed by atoms with van der Waals surface area (Å²) in [6.07, 6.45) is 0. The van der Waals surface area contributed by atoms with E-state index in [2.05, 4.69) is 0 Å². The molecule has 6 nitrogen and oxygen atoms in total. The number of ether oxygens (including phenoxy) is 1. The van der Waals surface area contributed by atoms with Crippen LogP contribution in [0.4, 0.5) is 0 Å². The molecule has 0 amide bonds. The zero-order valence-corrected chi connectivity index (χ0v) is 10.7. The second-order valence-corrected chi connectivity index (χ2v) is 4.19. The summed E-state index contributed by atoms with van der Waals surface area (Å²) in [6.45, 7) is -0.00129. The molecule has 1 N–H and O–H groups in total. The van der Waals surface area contributed by atoms with Crippen molar-refractivity contribution >= 4 is 11.9 Å². The number of hydrogen-bond donors (Lipinski definition) is 1. The maximum atomic E-state index is 11.4. The number of esters is 1. The first-order valence-corrected chi connectivity index (χ1v) is 5.50. The van der Waals surface area contributed by atoms with E-state index in [9.17, 15) is 9.59 Å². The van der Waals surface area contributed by atoms with Crippen LogP contribution in [-0.4, -0.2) is 42.6 Å². The van der Waals surface area contributed by atoms with Gasteiger partial charge in [-0.15, -0.1) is 0 Å². The Hall–Kier alpha value is -2.39. The average Bonchev–Trinajstić information content (AvgIpc) is 2.35. The van der Waals surface area contributed by atoms with Crippen LogP contribution >= 0.6 is 0 Å². The predicted octanol–water partition coefficient (Wildman–Crippen LogP) is 0.861. The number of likely N-dealkylation sites (N-methyl/N-ethyl adjacent to an activating group) is 1. The second kappa shape index (κ2) is 6.52. The molecule has 1 aromatic rings. The lowest BCUT2D eigenvalue weighted by molar-refractivity contribution is -0.145. The van der Waals surface area contributed by atoms with Crippen LogP contribution in [0, 0.1) is 11.3 Å². The van der Waals surface area contributed by atoms with Crippen LogP contribution < -0.4 is 0 Å². The number of benzene rings is 1. The molecule has 100 valence electrons. The molecule has 0 saturated carbocycles. The van der Waals surface area contributed by atoms with Crippen molar-refractivity contribution in [1.29, 1.82) is 5.26 Å². The van der Waals surface area contributed by atoms with Crippen LogP contribution in [0.15, 0.2) is 18.2 Å². The Morgan fingerprint density at radius 1 is 1.42 bits per heavy atom. The van der Waals surface area contributed by atoms with Gasteiger partial charge in [0.1, 0.15) is 6.61 Å². The van der Waals surface area contributed by atoms with Gasteiger partial charge in [0.15, 0.2) is 0 Å². The average molecular weight is 262 g/mol. The lowest BCUT2D eigenvalue weighted by Crippen LogP contribution is -2.23. The summed E-state index contributed by atoms with van der Waals surface area (Å²) >= 11 is 0. The van der Waals surface area contributed by atoms with Crippen LogP contribution in [0.2, 0.25) is 0 Å². The minimum atomic E-state index is -1.16. The zero-order chi connectivity index (χ0) is 14.4. The van der Waals surface area contributed by atoms with Gasteiger partial charge in [0.2, 0.25) is 0 Å². The summed E-state index contributed by atoms with van der Waals surface area (Å²) in [6, 6.07) is 6.09. The highest BCUT2D eigenvalue weighted by atomic mass is 16.5. The van der Waals surface area contributed by atoms with Gasteiger partial charge >= 0.3 is 11.9 Å². The van der Waals surface area contributed by atoms with Crippen molar-refractivity contribution in [3.63, 3.8) is 0 Å². The summed E-state index contributed by atoms with van der Waals surface area (Å²) in [5.74, 6) is -1.60. The number of aromatic carboxylic acids is 1. The molecule has 0 fully saturated rings. The monoisotopic (exact) mass is 262 g/mol. The second-order valence-electron chi connectivity index (χ2n) is 4.19. The smallest absolute Gasteiger partial charge is 0.336 e. The number of rotatable bonds is 5. The quantitative estimate of drug-likeness (QED) is 0.791. The van der Waals surface area contributed by atoms with Crippen LogP contribution in [0.3, 0.4) is 0 Å². The number of carbonyl (C=O) groups excluding carboxylic acids is 1. The number of carbonyl (C=O) groups is 2. The van der Waals surface area contributed by atoms with Crippen LogP contribution in [-0.2, 0) is 16.1 Å². The summed E-state index contributed by atoms with van der Waals surface area (Å²) in [5, 5.41) is 17.8. The van der Waals surface area contributed by atoms with E-state index >= 15 is 0 Å². The molecule has 0 spiro atoms. The summed E-state index contributed by atoms with van der Waals surface area (Å²) in [5.41, 5.74) is 0.580. The first-order chi connectivity index (χ1) is 8.93. The third-order valence-electron chi connectivity index (χ3n) is 2.30. The summed E-state index contributed by atoms with van der Waals surface area (Å²) in [4.78, 5) is 24.1. The maximum Gasteiger partial charge on any atom is 0.336 e. The Morgan fingerprint density at radius 2 is 2.11 bits per heavy atom. The van der Waals surface area contributed by atoms with E-state index in [1.54, 1.807) is 19.0 Å². The minimum absolute atomic E-state index is 0.0308. The number of hydrogen-bond acceptors (Lipinski definition) is 5. The number of carboxylic acid groups (broad SMARTS) is 1. The largest absolute Gasteiger partial charge is 0.478 e. The van der Waals surface area contributed by atoms with Gasteiger partial charge in [-0.05, 0) is 26.2 Å². The molecule has 6 heteroatoms. The molecule has 19 heavy (non-hydrogen) atoms.